The lowest BCUT2D eigenvalue weighted by atomic mass is 9.97. The molecule has 2 unspecified atom stereocenters. The molecule has 1 aliphatic rings. The van der Waals surface area contributed by atoms with Gasteiger partial charge in [-0.25, -0.2) is 4.99 Å². The van der Waals surface area contributed by atoms with Crippen LogP contribution >= 0.6 is 11.3 Å². The Morgan fingerprint density at radius 3 is 2.73 bits per heavy atom. The largest absolute Gasteiger partial charge is 0.493 e. The summed E-state index contributed by atoms with van der Waals surface area (Å²) in [5, 5.41) is 5.33. The molecule has 3 rings (SSSR count). The number of methoxy groups -OCH3 is 2. The van der Waals surface area contributed by atoms with Crippen LogP contribution in [-0.2, 0) is 0 Å². The highest BCUT2D eigenvalue weighted by Crippen LogP contribution is 2.37. The zero-order valence-electron chi connectivity index (χ0n) is 12.6. The minimum absolute atomic E-state index is 0.00755. The molecule has 1 aromatic heterocycles. The quantitative estimate of drug-likeness (QED) is 0.910. The SMILES string of the molecule is COc1ccc(C2CC(c3cccs3)NC(N)=N2)cc1OC. The molecule has 0 saturated heterocycles. The second-order valence-corrected chi connectivity index (χ2v) is 6.07. The normalized spacial score (nSPS) is 20.9. The number of aliphatic imine (C=N–C) groups is 1. The van der Waals surface area contributed by atoms with Gasteiger partial charge in [0, 0.05) is 4.88 Å². The first-order valence-electron chi connectivity index (χ1n) is 7.06. The number of hydrogen-bond acceptors (Lipinski definition) is 6. The van der Waals surface area contributed by atoms with Crippen LogP contribution in [0.1, 0.15) is 28.9 Å². The molecule has 0 fully saturated rings. The molecule has 0 aliphatic carbocycles. The summed E-state index contributed by atoms with van der Waals surface area (Å²) in [6.07, 6.45) is 0.858. The van der Waals surface area contributed by atoms with Gasteiger partial charge < -0.3 is 20.5 Å². The standard InChI is InChI=1S/C16H19N3O2S/c1-20-13-6-5-10(8-14(13)21-2)11-9-12(19-16(17)18-11)15-4-3-7-22-15/h3-8,11-12H,9H2,1-2H3,(H3,17,18,19). The zero-order chi connectivity index (χ0) is 15.5. The average Bonchev–Trinajstić information content (AvgIpc) is 3.08. The molecule has 1 aromatic carbocycles. The number of ether oxygens (including phenoxy) is 2. The Bertz CT molecular complexity index is 670. The van der Waals surface area contributed by atoms with Crippen LogP contribution in [0.15, 0.2) is 40.7 Å². The number of thiophene rings is 1. The van der Waals surface area contributed by atoms with Crippen molar-refractivity contribution in [2.75, 3.05) is 14.2 Å². The van der Waals surface area contributed by atoms with Crippen molar-refractivity contribution in [3.05, 3.63) is 46.2 Å². The Balaban J connectivity index is 1.89. The van der Waals surface area contributed by atoms with E-state index >= 15 is 0 Å². The van der Waals surface area contributed by atoms with Crippen LogP contribution < -0.4 is 20.5 Å². The molecule has 0 spiro atoms. The van der Waals surface area contributed by atoms with E-state index in [9.17, 15) is 0 Å². The fourth-order valence-corrected chi connectivity index (χ4v) is 3.46. The Hall–Kier alpha value is -2.21. The third-order valence-electron chi connectivity index (χ3n) is 3.75. The van der Waals surface area contributed by atoms with Crippen molar-refractivity contribution in [1.82, 2.24) is 5.32 Å². The van der Waals surface area contributed by atoms with Gasteiger partial charge in [-0.2, -0.15) is 0 Å². The van der Waals surface area contributed by atoms with Crippen molar-refractivity contribution in [2.45, 2.75) is 18.5 Å². The molecule has 3 N–H and O–H groups in total. The van der Waals surface area contributed by atoms with Crippen LogP contribution in [0.25, 0.3) is 0 Å². The minimum atomic E-state index is 0.00755. The number of benzene rings is 1. The smallest absolute Gasteiger partial charge is 0.189 e. The summed E-state index contributed by atoms with van der Waals surface area (Å²) in [5.41, 5.74) is 7.05. The number of nitrogens with one attached hydrogen (secondary N) is 1. The van der Waals surface area contributed by atoms with Gasteiger partial charge >= 0.3 is 0 Å². The molecular formula is C16H19N3O2S. The Labute approximate surface area is 133 Å². The van der Waals surface area contributed by atoms with Crippen LogP contribution in [0.3, 0.4) is 0 Å². The predicted octanol–water partition coefficient (Wildman–Crippen LogP) is 2.86. The highest BCUT2D eigenvalue weighted by Gasteiger charge is 2.25. The van der Waals surface area contributed by atoms with Gasteiger partial charge in [-0.15, -0.1) is 11.3 Å². The highest BCUT2D eigenvalue weighted by molar-refractivity contribution is 7.10. The van der Waals surface area contributed by atoms with Gasteiger partial charge in [0.1, 0.15) is 0 Å². The summed E-state index contributed by atoms with van der Waals surface area (Å²) >= 11 is 1.72. The predicted molar refractivity (Wildman–Crippen MR) is 88.7 cm³/mol. The van der Waals surface area contributed by atoms with E-state index in [2.05, 4.69) is 27.8 Å². The van der Waals surface area contributed by atoms with Crippen molar-refractivity contribution < 1.29 is 9.47 Å². The summed E-state index contributed by atoms with van der Waals surface area (Å²) in [6.45, 7) is 0. The molecule has 22 heavy (non-hydrogen) atoms. The van der Waals surface area contributed by atoms with Crippen molar-refractivity contribution in [1.29, 1.82) is 0 Å². The van der Waals surface area contributed by atoms with Crippen molar-refractivity contribution in [3.8, 4) is 11.5 Å². The van der Waals surface area contributed by atoms with Crippen LogP contribution in [0.5, 0.6) is 11.5 Å². The summed E-state index contributed by atoms with van der Waals surface area (Å²) in [6, 6.07) is 10.3. The van der Waals surface area contributed by atoms with Crippen molar-refractivity contribution >= 4 is 17.3 Å². The lowest BCUT2D eigenvalue weighted by Crippen LogP contribution is -2.39. The number of hydrogen-bond donors (Lipinski definition) is 2. The Morgan fingerprint density at radius 2 is 2.05 bits per heavy atom. The second-order valence-electron chi connectivity index (χ2n) is 5.09. The summed E-state index contributed by atoms with van der Waals surface area (Å²) in [4.78, 5) is 5.80. The first-order chi connectivity index (χ1) is 10.7. The maximum absolute atomic E-state index is 5.97. The van der Waals surface area contributed by atoms with Crippen molar-refractivity contribution in [3.63, 3.8) is 0 Å². The second kappa shape index (κ2) is 6.27. The maximum atomic E-state index is 5.97. The van der Waals surface area contributed by atoms with E-state index in [1.54, 1.807) is 25.6 Å². The molecule has 0 bridgehead atoms. The first-order valence-corrected chi connectivity index (χ1v) is 7.94. The third-order valence-corrected chi connectivity index (χ3v) is 4.74. The van der Waals surface area contributed by atoms with Gasteiger partial charge in [-0.3, -0.25) is 0 Å². The molecule has 0 saturated carbocycles. The molecule has 2 heterocycles. The third kappa shape index (κ3) is 2.87. The van der Waals surface area contributed by atoms with Gasteiger partial charge in [-0.1, -0.05) is 12.1 Å². The molecule has 6 heteroatoms. The van der Waals surface area contributed by atoms with Crippen LogP contribution in [0, 0.1) is 0 Å². The Kier molecular flexibility index (Phi) is 4.20. The molecule has 1 aliphatic heterocycles. The lowest BCUT2D eigenvalue weighted by molar-refractivity contribution is 0.354. The number of nitrogens with zero attached hydrogens (tertiary/aromatic N) is 1. The van der Waals surface area contributed by atoms with Gasteiger partial charge in [0.05, 0.1) is 26.3 Å². The monoisotopic (exact) mass is 317 g/mol. The zero-order valence-corrected chi connectivity index (χ0v) is 13.4. The fraction of sp³-hybridized carbons (Fsp3) is 0.312. The average molecular weight is 317 g/mol. The van der Waals surface area contributed by atoms with Crippen LogP contribution in [-0.4, -0.2) is 20.2 Å². The van der Waals surface area contributed by atoms with E-state index in [0.717, 1.165) is 12.0 Å². The molecule has 116 valence electrons. The van der Waals surface area contributed by atoms with Gasteiger partial charge in [-0.05, 0) is 35.6 Å². The van der Waals surface area contributed by atoms with E-state index in [1.807, 2.05) is 18.2 Å². The minimum Gasteiger partial charge on any atom is -0.493 e. The van der Waals surface area contributed by atoms with E-state index < -0.39 is 0 Å². The maximum Gasteiger partial charge on any atom is 0.189 e. The van der Waals surface area contributed by atoms with Gasteiger partial charge in [0.25, 0.3) is 0 Å². The molecule has 0 amide bonds. The fourth-order valence-electron chi connectivity index (χ4n) is 2.67. The molecule has 2 aromatic rings. The molecule has 2 atom stereocenters. The van der Waals surface area contributed by atoms with Crippen LogP contribution in [0.2, 0.25) is 0 Å². The van der Waals surface area contributed by atoms with E-state index in [4.69, 9.17) is 15.2 Å². The number of nitrogens with two attached hydrogens (primary N) is 1. The molecular weight excluding hydrogens is 298 g/mol. The van der Waals surface area contributed by atoms with Crippen LogP contribution in [0.4, 0.5) is 0 Å². The lowest BCUT2D eigenvalue weighted by Gasteiger charge is -2.28. The van der Waals surface area contributed by atoms with Gasteiger partial charge in [0.15, 0.2) is 17.5 Å². The molecule has 0 radical (unpaired) electrons. The van der Waals surface area contributed by atoms with E-state index in [0.29, 0.717) is 17.5 Å². The summed E-state index contributed by atoms with van der Waals surface area (Å²) in [7, 11) is 3.27. The number of rotatable bonds is 4. The summed E-state index contributed by atoms with van der Waals surface area (Å²) < 4.78 is 10.7. The van der Waals surface area contributed by atoms with Gasteiger partial charge in [0.2, 0.25) is 0 Å². The van der Waals surface area contributed by atoms with E-state index in [-0.39, 0.29) is 12.1 Å². The summed E-state index contributed by atoms with van der Waals surface area (Å²) in [5.74, 6) is 1.90. The number of guanidine groups is 1. The molecule has 5 nitrogen and oxygen atoms in total. The highest BCUT2D eigenvalue weighted by atomic mass is 32.1. The topological polar surface area (TPSA) is 68.9 Å². The first kappa shape index (κ1) is 14.7. The van der Waals surface area contributed by atoms with E-state index in [1.165, 1.54) is 4.88 Å². The Morgan fingerprint density at radius 1 is 1.23 bits per heavy atom. The van der Waals surface area contributed by atoms with Crippen molar-refractivity contribution in [2.24, 2.45) is 10.7 Å².